The summed E-state index contributed by atoms with van der Waals surface area (Å²) in [5.41, 5.74) is 4.22. The number of hydrazine groups is 1. The number of nitrogens with two attached hydrogens (primary N) is 1. The van der Waals surface area contributed by atoms with E-state index in [0.717, 1.165) is 24.5 Å². The van der Waals surface area contributed by atoms with Crippen molar-refractivity contribution in [2.45, 2.75) is 45.7 Å². The van der Waals surface area contributed by atoms with Gasteiger partial charge in [0.05, 0.1) is 0 Å². The molecule has 0 aliphatic rings. The molecule has 1 rings (SSSR count). The second-order valence-electron chi connectivity index (χ2n) is 5.38. The van der Waals surface area contributed by atoms with E-state index in [1.54, 1.807) is 0 Å². The maximum absolute atomic E-state index is 5.92. The van der Waals surface area contributed by atoms with Crippen molar-refractivity contribution in [3.63, 3.8) is 0 Å². The van der Waals surface area contributed by atoms with Crippen LogP contribution in [0.25, 0.3) is 0 Å². The van der Waals surface area contributed by atoms with E-state index in [0.29, 0.717) is 0 Å². The number of benzene rings is 1. The summed E-state index contributed by atoms with van der Waals surface area (Å²) in [5.74, 6) is 5.78. The van der Waals surface area contributed by atoms with Gasteiger partial charge in [0.15, 0.2) is 0 Å². The first-order valence-corrected chi connectivity index (χ1v) is 7.29. The molecule has 0 heterocycles. The van der Waals surface area contributed by atoms with Gasteiger partial charge in [-0.2, -0.15) is 0 Å². The van der Waals surface area contributed by atoms with E-state index in [9.17, 15) is 0 Å². The van der Waals surface area contributed by atoms with Crippen LogP contribution in [0.5, 0.6) is 0 Å². The van der Waals surface area contributed by atoms with Crippen LogP contribution in [0.2, 0.25) is 5.02 Å². The lowest BCUT2D eigenvalue weighted by atomic mass is 9.88. The highest BCUT2D eigenvalue weighted by Gasteiger charge is 2.33. The first-order valence-electron chi connectivity index (χ1n) is 6.91. The fourth-order valence-electron chi connectivity index (χ4n) is 2.63. The van der Waals surface area contributed by atoms with Gasteiger partial charge in [-0.05, 0) is 51.1 Å². The highest BCUT2D eigenvalue weighted by molar-refractivity contribution is 6.30. The summed E-state index contributed by atoms with van der Waals surface area (Å²) in [6.45, 7) is 10.9. The Morgan fingerprint density at radius 2 is 1.74 bits per heavy atom. The molecule has 0 aromatic heterocycles. The summed E-state index contributed by atoms with van der Waals surface area (Å²) < 4.78 is 0. The molecule has 0 spiro atoms. The van der Waals surface area contributed by atoms with Gasteiger partial charge >= 0.3 is 0 Å². The minimum Gasteiger partial charge on any atom is -0.297 e. The van der Waals surface area contributed by atoms with Gasteiger partial charge in [-0.15, -0.1) is 0 Å². The molecule has 0 bridgehead atoms. The van der Waals surface area contributed by atoms with Crippen molar-refractivity contribution in [1.29, 1.82) is 0 Å². The highest BCUT2D eigenvalue weighted by atomic mass is 35.5. The summed E-state index contributed by atoms with van der Waals surface area (Å²) in [5, 5.41) is 0.768. The molecular formula is C15H26ClN3. The molecule has 0 fully saturated rings. The van der Waals surface area contributed by atoms with Gasteiger partial charge in [0.2, 0.25) is 0 Å². The van der Waals surface area contributed by atoms with E-state index in [-0.39, 0.29) is 11.6 Å². The smallest absolute Gasteiger partial charge is 0.0429 e. The predicted octanol–water partition coefficient (Wildman–Crippen LogP) is 2.83. The molecule has 0 saturated heterocycles. The number of nitrogens with zero attached hydrogens (tertiary/aromatic N) is 1. The number of halogens is 1. The molecule has 1 aromatic rings. The molecule has 0 radical (unpaired) electrons. The Hall–Kier alpha value is -0.610. The van der Waals surface area contributed by atoms with Crippen LogP contribution in [0.4, 0.5) is 0 Å². The minimum atomic E-state index is -0.00210. The zero-order valence-electron chi connectivity index (χ0n) is 12.4. The SMILES string of the molecule is CCN(CC)C(C)(C)C(Cc1ccc(Cl)cc1)NN. The molecular weight excluding hydrogens is 258 g/mol. The predicted molar refractivity (Wildman–Crippen MR) is 83.3 cm³/mol. The van der Waals surface area contributed by atoms with Crippen molar-refractivity contribution >= 4 is 11.6 Å². The van der Waals surface area contributed by atoms with E-state index in [1.807, 2.05) is 12.1 Å². The van der Waals surface area contributed by atoms with Gasteiger partial charge in [-0.25, -0.2) is 0 Å². The van der Waals surface area contributed by atoms with E-state index >= 15 is 0 Å². The van der Waals surface area contributed by atoms with Gasteiger partial charge in [0, 0.05) is 16.6 Å². The number of likely N-dealkylation sites (N-methyl/N-ethyl adjacent to an activating group) is 1. The summed E-state index contributed by atoms with van der Waals surface area (Å²) in [6, 6.07) is 8.16. The molecule has 3 nitrogen and oxygen atoms in total. The van der Waals surface area contributed by atoms with Crippen molar-refractivity contribution in [2.75, 3.05) is 13.1 Å². The lowest BCUT2D eigenvalue weighted by Crippen LogP contribution is -2.60. The molecule has 3 N–H and O–H groups in total. The van der Waals surface area contributed by atoms with Crippen LogP contribution in [-0.4, -0.2) is 29.6 Å². The average Bonchev–Trinajstić information content (AvgIpc) is 2.38. The standard InChI is InChI=1S/C15H26ClN3/c1-5-19(6-2)15(3,4)14(18-17)11-12-7-9-13(16)10-8-12/h7-10,14,18H,5-6,11,17H2,1-4H3. The van der Waals surface area contributed by atoms with E-state index in [4.69, 9.17) is 17.4 Å². The monoisotopic (exact) mass is 283 g/mol. The molecule has 108 valence electrons. The number of hydrogen-bond acceptors (Lipinski definition) is 3. The van der Waals surface area contributed by atoms with Gasteiger partial charge in [0.25, 0.3) is 0 Å². The van der Waals surface area contributed by atoms with Gasteiger partial charge in [-0.1, -0.05) is 37.6 Å². The third-order valence-corrected chi connectivity index (χ3v) is 4.24. The third kappa shape index (κ3) is 4.18. The Balaban J connectivity index is 2.84. The fraction of sp³-hybridized carbons (Fsp3) is 0.600. The average molecular weight is 284 g/mol. The molecule has 1 aromatic carbocycles. The Morgan fingerprint density at radius 1 is 1.21 bits per heavy atom. The normalized spacial score (nSPS) is 13.8. The third-order valence-electron chi connectivity index (χ3n) is 3.99. The fourth-order valence-corrected chi connectivity index (χ4v) is 2.75. The van der Waals surface area contributed by atoms with Gasteiger partial charge in [-0.3, -0.25) is 16.2 Å². The second kappa shape index (κ2) is 7.25. The maximum Gasteiger partial charge on any atom is 0.0429 e. The van der Waals surface area contributed by atoms with Crippen LogP contribution in [0.15, 0.2) is 24.3 Å². The molecule has 0 amide bonds. The van der Waals surface area contributed by atoms with Crippen molar-refractivity contribution < 1.29 is 0 Å². The molecule has 19 heavy (non-hydrogen) atoms. The first-order chi connectivity index (χ1) is 8.95. The first kappa shape index (κ1) is 16.4. The highest BCUT2D eigenvalue weighted by Crippen LogP contribution is 2.22. The van der Waals surface area contributed by atoms with E-state index < -0.39 is 0 Å². The van der Waals surface area contributed by atoms with E-state index in [2.05, 4.69) is 50.2 Å². The van der Waals surface area contributed by atoms with Crippen LogP contribution in [0, 0.1) is 0 Å². The Labute approximate surface area is 122 Å². The summed E-state index contributed by atoms with van der Waals surface area (Å²) in [7, 11) is 0. The quantitative estimate of drug-likeness (QED) is 0.597. The van der Waals surface area contributed by atoms with Gasteiger partial charge in [0.1, 0.15) is 0 Å². The summed E-state index contributed by atoms with van der Waals surface area (Å²) >= 11 is 5.92. The zero-order chi connectivity index (χ0) is 14.5. The van der Waals surface area contributed by atoms with Gasteiger partial charge < -0.3 is 0 Å². The van der Waals surface area contributed by atoms with Crippen LogP contribution in [0.1, 0.15) is 33.3 Å². The van der Waals surface area contributed by atoms with Crippen molar-refractivity contribution in [2.24, 2.45) is 5.84 Å². The van der Waals surface area contributed by atoms with Crippen molar-refractivity contribution in [3.05, 3.63) is 34.9 Å². The van der Waals surface area contributed by atoms with Crippen LogP contribution >= 0.6 is 11.6 Å². The van der Waals surface area contributed by atoms with Crippen LogP contribution < -0.4 is 11.3 Å². The van der Waals surface area contributed by atoms with Crippen LogP contribution in [0.3, 0.4) is 0 Å². The Kier molecular flexibility index (Phi) is 6.27. The molecule has 4 heteroatoms. The number of hydrogen-bond donors (Lipinski definition) is 2. The summed E-state index contributed by atoms with van der Waals surface area (Å²) in [4.78, 5) is 2.42. The lowest BCUT2D eigenvalue weighted by molar-refractivity contribution is 0.0912. The molecule has 1 unspecified atom stereocenters. The largest absolute Gasteiger partial charge is 0.297 e. The number of nitrogens with one attached hydrogen (secondary N) is 1. The second-order valence-corrected chi connectivity index (χ2v) is 5.81. The zero-order valence-corrected chi connectivity index (χ0v) is 13.2. The van der Waals surface area contributed by atoms with E-state index in [1.165, 1.54) is 5.56 Å². The Bertz CT molecular complexity index is 371. The summed E-state index contributed by atoms with van der Waals surface area (Å²) in [6.07, 6.45) is 0.886. The topological polar surface area (TPSA) is 41.3 Å². The molecule has 0 aliphatic carbocycles. The van der Waals surface area contributed by atoms with Crippen LogP contribution in [-0.2, 0) is 6.42 Å². The minimum absolute atomic E-state index is 0.00210. The maximum atomic E-state index is 5.92. The molecule has 1 atom stereocenters. The van der Waals surface area contributed by atoms with Crippen molar-refractivity contribution in [1.82, 2.24) is 10.3 Å². The molecule has 0 aliphatic heterocycles. The number of rotatable bonds is 7. The molecule has 0 saturated carbocycles. The Morgan fingerprint density at radius 3 is 2.16 bits per heavy atom. The lowest BCUT2D eigenvalue weighted by Gasteiger charge is -2.43. The van der Waals surface area contributed by atoms with Crippen molar-refractivity contribution in [3.8, 4) is 0 Å².